The van der Waals surface area contributed by atoms with Crippen LogP contribution in [0.4, 0.5) is 0 Å². The van der Waals surface area contributed by atoms with E-state index in [0.717, 1.165) is 13.0 Å². The Hall–Kier alpha value is -1.52. The summed E-state index contributed by atoms with van der Waals surface area (Å²) in [5.74, 6) is 0.459. The molecule has 0 spiro atoms. The van der Waals surface area contributed by atoms with Crippen LogP contribution in [0.25, 0.3) is 0 Å². The Morgan fingerprint density at radius 2 is 2.31 bits per heavy atom. The van der Waals surface area contributed by atoms with E-state index in [1.807, 2.05) is 10.9 Å². The summed E-state index contributed by atoms with van der Waals surface area (Å²) in [5.41, 5.74) is 0. The van der Waals surface area contributed by atoms with Crippen molar-refractivity contribution in [3.8, 4) is 5.75 Å². The number of rotatable bonds is 7. The summed E-state index contributed by atoms with van der Waals surface area (Å²) in [7, 11) is 0. The summed E-state index contributed by atoms with van der Waals surface area (Å²) in [6.45, 7) is 5.49. The van der Waals surface area contributed by atoms with Crippen LogP contribution in [0, 0.1) is 0 Å². The lowest BCUT2D eigenvalue weighted by molar-refractivity contribution is -0.143. The van der Waals surface area contributed by atoms with E-state index in [-0.39, 0.29) is 12.4 Å². The maximum atomic E-state index is 11.0. The van der Waals surface area contributed by atoms with Crippen molar-refractivity contribution in [1.29, 1.82) is 0 Å². The van der Waals surface area contributed by atoms with Gasteiger partial charge < -0.3 is 9.47 Å². The molecule has 16 heavy (non-hydrogen) atoms. The van der Waals surface area contributed by atoms with Crippen molar-refractivity contribution in [2.75, 3.05) is 13.2 Å². The summed E-state index contributed by atoms with van der Waals surface area (Å²) in [6.07, 6.45) is 4.78. The number of esters is 1. The average Bonchev–Trinajstić information content (AvgIpc) is 2.67. The zero-order valence-corrected chi connectivity index (χ0v) is 9.81. The van der Waals surface area contributed by atoms with E-state index in [0.29, 0.717) is 19.0 Å². The molecule has 0 aliphatic carbocycles. The zero-order chi connectivity index (χ0) is 11.8. The molecule has 0 fully saturated rings. The predicted molar refractivity (Wildman–Crippen MR) is 59.3 cm³/mol. The summed E-state index contributed by atoms with van der Waals surface area (Å²) in [5, 5.41) is 4.12. The lowest BCUT2D eigenvalue weighted by atomic mass is 10.4. The topological polar surface area (TPSA) is 53.4 Å². The molecule has 0 bridgehead atoms. The first kappa shape index (κ1) is 12.5. The molecule has 0 aliphatic rings. The quantitative estimate of drug-likeness (QED) is 0.663. The van der Waals surface area contributed by atoms with E-state index in [2.05, 4.69) is 12.0 Å². The van der Waals surface area contributed by atoms with Crippen molar-refractivity contribution in [1.82, 2.24) is 9.78 Å². The second-order valence-electron chi connectivity index (χ2n) is 3.34. The minimum Gasteiger partial charge on any atom is -0.490 e. The van der Waals surface area contributed by atoms with Crippen LogP contribution in [0.5, 0.6) is 5.75 Å². The minimum absolute atomic E-state index is 0.233. The Morgan fingerprint density at radius 3 is 3.00 bits per heavy atom. The van der Waals surface area contributed by atoms with Crippen LogP contribution in [-0.2, 0) is 16.1 Å². The van der Waals surface area contributed by atoms with Gasteiger partial charge in [-0.1, -0.05) is 6.92 Å². The van der Waals surface area contributed by atoms with Crippen molar-refractivity contribution in [2.24, 2.45) is 0 Å². The number of carbonyl (C=O) groups is 1. The lowest BCUT2D eigenvalue weighted by Gasteiger charge is -2.03. The van der Waals surface area contributed by atoms with Gasteiger partial charge in [0.05, 0.1) is 32.0 Å². The van der Waals surface area contributed by atoms with Gasteiger partial charge in [0, 0.05) is 6.54 Å². The molecule has 0 unspecified atom stereocenters. The number of aryl methyl sites for hydroxylation is 1. The summed E-state index contributed by atoms with van der Waals surface area (Å²) in [4.78, 5) is 11.0. The van der Waals surface area contributed by atoms with Crippen LogP contribution in [0.2, 0.25) is 0 Å². The third-order valence-corrected chi connectivity index (χ3v) is 1.94. The fourth-order valence-electron chi connectivity index (χ4n) is 1.26. The Labute approximate surface area is 95.3 Å². The monoisotopic (exact) mass is 226 g/mol. The van der Waals surface area contributed by atoms with Gasteiger partial charge in [-0.25, -0.2) is 0 Å². The Bertz CT molecular complexity index is 323. The molecule has 1 rings (SSSR count). The second-order valence-corrected chi connectivity index (χ2v) is 3.34. The molecule has 5 heteroatoms. The standard InChI is InChI=1S/C11H18N2O3/c1-3-6-13-9-10(8-12-13)16-7-5-11(14)15-4-2/h8-9H,3-7H2,1-2H3. The van der Waals surface area contributed by atoms with Gasteiger partial charge in [0.1, 0.15) is 0 Å². The van der Waals surface area contributed by atoms with Gasteiger partial charge in [0.15, 0.2) is 5.75 Å². The van der Waals surface area contributed by atoms with Gasteiger partial charge >= 0.3 is 5.97 Å². The van der Waals surface area contributed by atoms with Gasteiger partial charge in [0.25, 0.3) is 0 Å². The van der Waals surface area contributed by atoms with E-state index in [4.69, 9.17) is 9.47 Å². The molecule has 1 aromatic heterocycles. The maximum Gasteiger partial charge on any atom is 0.309 e. The normalized spacial score (nSPS) is 10.1. The molecule has 90 valence electrons. The van der Waals surface area contributed by atoms with Crippen molar-refractivity contribution >= 4 is 5.97 Å². The maximum absolute atomic E-state index is 11.0. The Kier molecular flexibility index (Phi) is 5.39. The number of hydrogen-bond acceptors (Lipinski definition) is 4. The van der Waals surface area contributed by atoms with Crippen molar-refractivity contribution in [2.45, 2.75) is 33.2 Å². The number of ether oxygens (including phenoxy) is 2. The highest BCUT2D eigenvalue weighted by Crippen LogP contribution is 2.08. The summed E-state index contributed by atoms with van der Waals surface area (Å²) < 4.78 is 12.0. The number of aromatic nitrogens is 2. The molecule has 0 aromatic carbocycles. The predicted octanol–water partition coefficient (Wildman–Crippen LogP) is 1.63. The smallest absolute Gasteiger partial charge is 0.309 e. The van der Waals surface area contributed by atoms with Crippen LogP contribution < -0.4 is 4.74 Å². The van der Waals surface area contributed by atoms with Crippen LogP contribution in [0.15, 0.2) is 12.4 Å². The van der Waals surface area contributed by atoms with Crippen LogP contribution in [0.1, 0.15) is 26.7 Å². The van der Waals surface area contributed by atoms with E-state index in [9.17, 15) is 4.79 Å². The summed E-state index contributed by atoms with van der Waals surface area (Å²) >= 11 is 0. The number of hydrogen-bond donors (Lipinski definition) is 0. The first-order valence-electron chi connectivity index (χ1n) is 5.57. The van der Waals surface area contributed by atoms with Crippen LogP contribution >= 0.6 is 0 Å². The van der Waals surface area contributed by atoms with Crippen molar-refractivity contribution in [3.05, 3.63) is 12.4 Å². The molecular weight excluding hydrogens is 208 g/mol. The lowest BCUT2D eigenvalue weighted by Crippen LogP contribution is -2.09. The molecule has 0 amide bonds. The number of carbonyl (C=O) groups excluding carboxylic acids is 1. The van der Waals surface area contributed by atoms with E-state index in [1.165, 1.54) is 0 Å². The Balaban J connectivity index is 2.23. The molecule has 1 heterocycles. The minimum atomic E-state index is -0.233. The molecule has 0 aliphatic heterocycles. The fraction of sp³-hybridized carbons (Fsp3) is 0.636. The third-order valence-electron chi connectivity index (χ3n) is 1.94. The fourth-order valence-corrected chi connectivity index (χ4v) is 1.26. The van der Waals surface area contributed by atoms with Crippen LogP contribution in [0.3, 0.4) is 0 Å². The molecule has 0 atom stereocenters. The second kappa shape index (κ2) is 6.87. The van der Waals surface area contributed by atoms with Crippen LogP contribution in [-0.4, -0.2) is 29.0 Å². The molecular formula is C11H18N2O3. The largest absolute Gasteiger partial charge is 0.490 e. The average molecular weight is 226 g/mol. The van der Waals surface area contributed by atoms with Gasteiger partial charge in [-0.15, -0.1) is 0 Å². The van der Waals surface area contributed by atoms with Gasteiger partial charge in [-0.2, -0.15) is 5.10 Å². The Morgan fingerprint density at radius 1 is 1.50 bits per heavy atom. The number of nitrogens with zero attached hydrogens (tertiary/aromatic N) is 2. The highest BCUT2D eigenvalue weighted by Gasteiger charge is 2.03. The van der Waals surface area contributed by atoms with Crippen molar-refractivity contribution in [3.63, 3.8) is 0 Å². The van der Waals surface area contributed by atoms with E-state index < -0.39 is 0 Å². The molecule has 0 N–H and O–H groups in total. The zero-order valence-electron chi connectivity index (χ0n) is 9.81. The van der Waals surface area contributed by atoms with Gasteiger partial charge in [-0.05, 0) is 13.3 Å². The SMILES string of the molecule is CCCn1cc(OCCC(=O)OCC)cn1. The molecule has 0 saturated heterocycles. The highest BCUT2D eigenvalue weighted by molar-refractivity contribution is 5.69. The molecule has 1 aromatic rings. The van der Waals surface area contributed by atoms with E-state index >= 15 is 0 Å². The molecule has 0 radical (unpaired) electrons. The molecule has 5 nitrogen and oxygen atoms in total. The van der Waals surface area contributed by atoms with Gasteiger partial charge in [0.2, 0.25) is 0 Å². The van der Waals surface area contributed by atoms with E-state index in [1.54, 1.807) is 13.1 Å². The first-order chi connectivity index (χ1) is 7.76. The van der Waals surface area contributed by atoms with Gasteiger partial charge in [-0.3, -0.25) is 9.48 Å². The first-order valence-corrected chi connectivity index (χ1v) is 5.57. The molecule has 0 saturated carbocycles. The summed E-state index contributed by atoms with van der Waals surface area (Å²) in [6, 6.07) is 0. The highest BCUT2D eigenvalue weighted by atomic mass is 16.5. The van der Waals surface area contributed by atoms with Crippen molar-refractivity contribution < 1.29 is 14.3 Å². The third kappa shape index (κ3) is 4.33.